The predicted molar refractivity (Wildman–Crippen MR) is 102 cm³/mol. The molecule has 0 bridgehead atoms. The first-order valence-corrected chi connectivity index (χ1v) is 8.68. The van der Waals surface area contributed by atoms with Crippen LogP contribution in [0, 0.1) is 11.3 Å². The van der Waals surface area contributed by atoms with Crippen LogP contribution in [0.15, 0.2) is 60.9 Å². The van der Waals surface area contributed by atoms with Gasteiger partial charge in [0.15, 0.2) is 0 Å². The van der Waals surface area contributed by atoms with E-state index >= 15 is 0 Å². The Morgan fingerprint density at radius 1 is 1.19 bits per heavy atom. The number of hydrogen-bond donors (Lipinski definition) is 1. The van der Waals surface area contributed by atoms with Gasteiger partial charge in [0.2, 0.25) is 5.91 Å². The summed E-state index contributed by atoms with van der Waals surface area (Å²) in [6.07, 6.45) is 3.56. The lowest BCUT2D eigenvalue weighted by atomic mass is 10.0. The molecule has 1 aliphatic heterocycles. The fourth-order valence-corrected chi connectivity index (χ4v) is 3.23. The third kappa shape index (κ3) is 3.25. The molecule has 1 atom stereocenters. The van der Waals surface area contributed by atoms with Crippen molar-refractivity contribution in [2.24, 2.45) is 0 Å². The molecule has 3 aromatic rings. The number of carbonyl (C=O) groups is 1. The quantitative estimate of drug-likeness (QED) is 0.759. The zero-order valence-electron chi connectivity index (χ0n) is 14.8. The topological polar surface area (TPSA) is 75.0 Å². The van der Waals surface area contributed by atoms with E-state index in [1.54, 1.807) is 24.5 Å². The van der Waals surface area contributed by atoms with Crippen LogP contribution in [0.25, 0.3) is 11.1 Å². The number of amides is 1. The zero-order valence-corrected chi connectivity index (χ0v) is 14.8. The Hall–Kier alpha value is -3.65. The van der Waals surface area contributed by atoms with Crippen molar-refractivity contribution in [1.82, 2.24) is 4.98 Å². The van der Waals surface area contributed by atoms with E-state index in [-0.39, 0.29) is 12.0 Å². The second-order valence-electron chi connectivity index (χ2n) is 6.43. The molecule has 4 rings (SSSR count). The molecule has 0 aliphatic carbocycles. The molecule has 1 amide bonds. The van der Waals surface area contributed by atoms with Crippen LogP contribution >= 0.6 is 0 Å². The first-order chi connectivity index (χ1) is 13.2. The molecule has 5 heteroatoms. The third-order valence-corrected chi connectivity index (χ3v) is 4.65. The van der Waals surface area contributed by atoms with Crippen molar-refractivity contribution in [3.05, 3.63) is 77.6 Å². The molecule has 0 radical (unpaired) electrons. The van der Waals surface area contributed by atoms with Crippen LogP contribution in [0.3, 0.4) is 0 Å². The average Bonchev–Trinajstić information content (AvgIpc) is 3.09. The molecule has 1 N–H and O–H groups in total. The Labute approximate surface area is 157 Å². The Kier molecular flexibility index (Phi) is 4.31. The highest BCUT2D eigenvalue weighted by Crippen LogP contribution is 2.42. The summed E-state index contributed by atoms with van der Waals surface area (Å²) < 4.78 is 6.35. The minimum atomic E-state index is -0.240. The van der Waals surface area contributed by atoms with E-state index in [9.17, 15) is 4.79 Å². The van der Waals surface area contributed by atoms with Crippen LogP contribution in [0.2, 0.25) is 0 Å². The van der Waals surface area contributed by atoms with Gasteiger partial charge in [-0.25, -0.2) is 0 Å². The number of rotatable bonds is 4. The number of nitrogens with zero attached hydrogens (tertiary/aromatic N) is 2. The van der Waals surface area contributed by atoms with E-state index in [2.05, 4.69) is 16.4 Å². The van der Waals surface area contributed by atoms with Gasteiger partial charge in [-0.05, 0) is 42.8 Å². The minimum Gasteiger partial charge on any atom is -0.485 e. The fraction of sp³-hybridized carbons (Fsp3) is 0.136. The molecule has 5 nitrogen and oxygen atoms in total. The maximum absolute atomic E-state index is 11.9. The maximum Gasteiger partial charge on any atom is 0.229 e. The molecular formula is C22H17N3O2. The van der Waals surface area contributed by atoms with Gasteiger partial charge in [-0.15, -0.1) is 0 Å². The monoisotopic (exact) mass is 355 g/mol. The number of pyridine rings is 1. The van der Waals surface area contributed by atoms with E-state index < -0.39 is 0 Å². The second-order valence-corrected chi connectivity index (χ2v) is 6.43. The molecule has 1 aliphatic rings. The number of fused-ring (bicyclic) bond motifs is 1. The fourth-order valence-electron chi connectivity index (χ4n) is 3.23. The van der Waals surface area contributed by atoms with Gasteiger partial charge in [0.25, 0.3) is 0 Å². The van der Waals surface area contributed by atoms with Gasteiger partial charge in [-0.2, -0.15) is 5.26 Å². The van der Waals surface area contributed by atoms with Crippen LogP contribution in [0.1, 0.15) is 29.7 Å². The number of benzene rings is 2. The predicted octanol–water partition coefficient (Wildman–Crippen LogP) is 4.25. The molecule has 2 aromatic carbocycles. The highest BCUT2D eigenvalue weighted by molar-refractivity contribution is 6.01. The number of nitrogens with one attached hydrogen (secondary N) is 1. The first-order valence-electron chi connectivity index (χ1n) is 8.68. The lowest BCUT2D eigenvalue weighted by Crippen LogP contribution is -2.06. The highest BCUT2D eigenvalue weighted by Gasteiger charge is 2.26. The second kappa shape index (κ2) is 6.93. The summed E-state index contributed by atoms with van der Waals surface area (Å²) in [4.78, 5) is 16.1. The van der Waals surface area contributed by atoms with Gasteiger partial charge in [0.1, 0.15) is 11.9 Å². The SMILES string of the molecule is CC(Oc1c(-c2cccnc2)ccc2c1CC(=O)N2)c1ccc(C#N)cc1. The summed E-state index contributed by atoms with van der Waals surface area (Å²) in [5.74, 6) is 0.653. The smallest absolute Gasteiger partial charge is 0.229 e. The van der Waals surface area contributed by atoms with E-state index in [0.717, 1.165) is 27.9 Å². The standard InChI is InChI=1S/C22H17N3O2/c1-14(16-6-4-15(12-23)5-7-16)27-22-18(17-3-2-10-24-13-17)8-9-20-19(22)11-21(26)25-20/h2-10,13-14H,11H2,1H3,(H,25,26). The number of hydrogen-bond acceptors (Lipinski definition) is 4. The van der Waals surface area contributed by atoms with Crippen molar-refractivity contribution in [3.63, 3.8) is 0 Å². The number of aromatic nitrogens is 1. The summed E-state index contributed by atoms with van der Waals surface area (Å²) in [6, 6.07) is 17.1. The van der Waals surface area contributed by atoms with Crippen molar-refractivity contribution >= 4 is 11.6 Å². The van der Waals surface area contributed by atoms with Crippen molar-refractivity contribution in [3.8, 4) is 22.9 Å². The highest BCUT2D eigenvalue weighted by atomic mass is 16.5. The maximum atomic E-state index is 11.9. The zero-order chi connectivity index (χ0) is 18.8. The van der Waals surface area contributed by atoms with Crippen LogP contribution < -0.4 is 10.1 Å². The molecule has 0 fully saturated rings. The molecule has 0 spiro atoms. The molecule has 0 saturated carbocycles. The Bertz CT molecular complexity index is 1040. The third-order valence-electron chi connectivity index (χ3n) is 4.65. The number of anilines is 1. The van der Waals surface area contributed by atoms with Crippen molar-refractivity contribution in [1.29, 1.82) is 5.26 Å². The van der Waals surface area contributed by atoms with Gasteiger partial charge in [0.05, 0.1) is 18.1 Å². The summed E-state index contributed by atoms with van der Waals surface area (Å²) in [5, 5.41) is 11.8. The Balaban J connectivity index is 1.75. The molecule has 1 aromatic heterocycles. The largest absolute Gasteiger partial charge is 0.485 e. The number of carbonyl (C=O) groups excluding carboxylic acids is 1. The van der Waals surface area contributed by atoms with Crippen LogP contribution in [-0.4, -0.2) is 10.9 Å². The minimum absolute atomic E-state index is 0.0378. The van der Waals surface area contributed by atoms with E-state index in [1.165, 1.54) is 0 Å². The lowest BCUT2D eigenvalue weighted by molar-refractivity contribution is -0.115. The molecule has 0 saturated heterocycles. The van der Waals surface area contributed by atoms with Gasteiger partial charge in [-0.3, -0.25) is 9.78 Å². The molecule has 2 heterocycles. The summed E-state index contributed by atoms with van der Waals surface area (Å²) in [5.41, 5.74) is 5.05. The van der Waals surface area contributed by atoms with Crippen LogP contribution in [-0.2, 0) is 11.2 Å². The Morgan fingerprint density at radius 3 is 2.70 bits per heavy atom. The molecule has 132 valence electrons. The van der Waals surface area contributed by atoms with E-state index in [1.807, 2.05) is 43.3 Å². The van der Waals surface area contributed by atoms with Crippen molar-refractivity contribution in [2.45, 2.75) is 19.4 Å². The summed E-state index contributed by atoms with van der Waals surface area (Å²) in [6.45, 7) is 1.96. The normalized spacial score (nSPS) is 13.4. The summed E-state index contributed by atoms with van der Waals surface area (Å²) >= 11 is 0. The molecular weight excluding hydrogens is 338 g/mol. The number of nitriles is 1. The van der Waals surface area contributed by atoms with E-state index in [0.29, 0.717) is 17.7 Å². The molecule has 1 unspecified atom stereocenters. The van der Waals surface area contributed by atoms with Gasteiger partial charge in [0, 0.05) is 34.8 Å². The first kappa shape index (κ1) is 16.8. The van der Waals surface area contributed by atoms with Gasteiger partial charge >= 0.3 is 0 Å². The van der Waals surface area contributed by atoms with Crippen LogP contribution in [0.4, 0.5) is 5.69 Å². The molecule has 27 heavy (non-hydrogen) atoms. The van der Waals surface area contributed by atoms with E-state index in [4.69, 9.17) is 10.00 Å². The number of ether oxygens (including phenoxy) is 1. The lowest BCUT2D eigenvalue weighted by Gasteiger charge is -2.20. The Morgan fingerprint density at radius 2 is 2.00 bits per heavy atom. The van der Waals surface area contributed by atoms with Gasteiger partial charge < -0.3 is 10.1 Å². The van der Waals surface area contributed by atoms with Crippen LogP contribution in [0.5, 0.6) is 5.75 Å². The van der Waals surface area contributed by atoms with Crippen molar-refractivity contribution in [2.75, 3.05) is 5.32 Å². The van der Waals surface area contributed by atoms with Crippen molar-refractivity contribution < 1.29 is 9.53 Å². The summed E-state index contributed by atoms with van der Waals surface area (Å²) in [7, 11) is 0. The van der Waals surface area contributed by atoms with Gasteiger partial charge in [-0.1, -0.05) is 18.2 Å². The average molecular weight is 355 g/mol.